The summed E-state index contributed by atoms with van der Waals surface area (Å²) in [4.78, 5) is 11.8. The fourth-order valence-corrected chi connectivity index (χ4v) is 4.07. The van der Waals surface area contributed by atoms with Crippen molar-refractivity contribution in [3.05, 3.63) is 58.7 Å². The number of hydrogen-bond acceptors (Lipinski definition) is 6. The van der Waals surface area contributed by atoms with Gasteiger partial charge in [-0.3, -0.25) is 0 Å². The number of aromatic hydroxyl groups is 1. The highest BCUT2D eigenvalue weighted by Gasteiger charge is 2.37. The van der Waals surface area contributed by atoms with Gasteiger partial charge in [0.15, 0.2) is 0 Å². The Morgan fingerprint density at radius 1 is 1.03 bits per heavy atom. The van der Waals surface area contributed by atoms with Crippen LogP contribution in [0.1, 0.15) is 74.5 Å². The summed E-state index contributed by atoms with van der Waals surface area (Å²) in [6.45, 7) is 10.9. The van der Waals surface area contributed by atoms with Crippen LogP contribution < -0.4 is 4.74 Å². The lowest BCUT2D eigenvalue weighted by molar-refractivity contribution is 0.0523. The Morgan fingerprint density at radius 3 is 2.32 bits per heavy atom. The zero-order valence-corrected chi connectivity index (χ0v) is 18.9. The fraction of sp³-hybridized carbons (Fsp3) is 0.440. The van der Waals surface area contributed by atoms with Crippen LogP contribution >= 0.6 is 0 Å². The summed E-state index contributed by atoms with van der Waals surface area (Å²) in [6, 6.07) is 10.5. The largest absolute Gasteiger partial charge is 0.507 e. The fourth-order valence-electron chi connectivity index (χ4n) is 4.07. The molecule has 0 heterocycles. The van der Waals surface area contributed by atoms with Crippen LogP contribution in [0.5, 0.6) is 11.5 Å². The number of carbonyl (C=O) groups is 1. The van der Waals surface area contributed by atoms with Gasteiger partial charge in [-0.1, -0.05) is 45.0 Å². The van der Waals surface area contributed by atoms with Crippen LogP contribution in [0.25, 0.3) is 0 Å². The van der Waals surface area contributed by atoms with Crippen molar-refractivity contribution in [2.75, 3.05) is 13.2 Å². The average molecular weight is 426 g/mol. The Morgan fingerprint density at radius 2 is 1.71 bits per heavy atom. The molecule has 0 unspecified atom stereocenters. The molecular weight excluding hydrogens is 394 g/mol. The first-order valence-electron chi connectivity index (χ1n) is 10.6. The van der Waals surface area contributed by atoms with Crippen LogP contribution in [-0.4, -0.2) is 35.2 Å². The van der Waals surface area contributed by atoms with E-state index in [2.05, 4.69) is 45.0 Å². The van der Waals surface area contributed by atoms with E-state index in [0.717, 1.165) is 18.4 Å². The van der Waals surface area contributed by atoms with E-state index in [0.29, 0.717) is 11.5 Å². The summed E-state index contributed by atoms with van der Waals surface area (Å²) in [5.41, 5.74) is 3.98. The molecule has 0 aliphatic heterocycles. The van der Waals surface area contributed by atoms with Gasteiger partial charge in [0.2, 0.25) is 0 Å². The number of nitrogens with zero attached hydrogens (tertiary/aromatic N) is 1. The van der Waals surface area contributed by atoms with Crippen molar-refractivity contribution in [1.29, 1.82) is 0 Å². The number of oxime groups is 1. The van der Waals surface area contributed by atoms with E-state index in [9.17, 15) is 15.1 Å². The van der Waals surface area contributed by atoms with Gasteiger partial charge in [-0.2, -0.15) is 0 Å². The molecule has 0 saturated heterocycles. The van der Waals surface area contributed by atoms with E-state index in [4.69, 9.17) is 9.47 Å². The molecule has 0 spiro atoms. The molecule has 0 atom stereocenters. The lowest BCUT2D eigenvalue weighted by Crippen LogP contribution is -2.34. The second-order valence-electron chi connectivity index (χ2n) is 9.26. The van der Waals surface area contributed by atoms with Gasteiger partial charge >= 0.3 is 5.97 Å². The number of ether oxygens (including phenoxy) is 2. The number of esters is 1. The Labute approximate surface area is 183 Å². The molecule has 0 saturated carbocycles. The van der Waals surface area contributed by atoms with Gasteiger partial charge < -0.3 is 19.8 Å². The molecule has 0 amide bonds. The molecule has 0 fully saturated rings. The number of hydrogen-bond donors (Lipinski definition) is 2. The number of carbonyl (C=O) groups excluding carboxylic acids is 1. The van der Waals surface area contributed by atoms with E-state index in [-0.39, 0.29) is 35.4 Å². The van der Waals surface area contributed by atoms with E-state index in [1.165, 1.54) is 23.3 Å². The molecular formula is C25H31NO5. The molecule has 6 heteroatoms. The molecule has 1 aliphatic carbocycles. The average Bonchev–Trinajstić information content (AvgIpc) is 2.72. The summed E-state index contributed by atoms with van der Waals surface area (Å²) in [6.07, 6.45) is 2.21. The van der Waals surface area contributed by atoms with Gasteiger partial charge in [-0.25, -0.2) is 4.79 Å². The molecule has 166 valence electrons. The van der Waals surface area contributed by atoms with Crippen LogP contribution in [-0.2, 0) is 15.6 Å². The highest BCUT2D eigenvalue weighted by atomic mass is 16.5. The molecule has 2 N–H and O–H groups in total. The van der Waals surface area contributed by atoms with Crippen molar-refractivity contribution >= 4 is 11.7 Å². The lowest BCUT2D eigenvalue weighted by Gasteiger charge is -2.42. The lowest BCUT2D eigenvalue weighted by atomic mass is 9.63. The van der Waals surface area contributed by atoms with Crippen LogP contribution in [0.2, 0.25) is 0 Å². The molecule has 6 nitrogen and oxygen atoms in total. The van der Waals surface area contributed by atoms with Gasteiger partial charge in [0.25, 0.3) is 0 Å². The second kappa shape index (κ2) is 8.61. The Balaban J connectivity index is 1.80. The summed E-state index contributed by atoms with van der Waals surface area (Å²) >= 11 is 0. The molecule has 3 rings (SSSR count). The third-order valence-electron chi connectivity index (χ3n) is 6.15. The number of rotatable bonds is 6. The highest BCUT2D eigenvalue weighted by molar-refractivity contribution is 6.01. The molecule has 0 bridgehead atoms. The zero-order valence-electron chi connectivity index (χ0n) is 18.9. The maximum absolute atomic E-state index is 11.8. The normalized spacial score (nSPS) is 17.0. The topological polar surface area (TPSA) is 88.4 Å². The predicted octanol–water partition coefficient (Wildman–Crippen LogP) is 5.18. The van der Waals surface area contributed by atoms with Gasteiger partial charge in [-0.15, -0.1) is 0 Å². The monoisotopic (exact) mass is 425 g/mol. The summed E-state index contributed by atoms with van der Waals surface area (Å²) in [7, 11) is 0. The van der Waals surface area contributed by atoms with Gasteiger partial charge in [-0.05, 0) is 59.9 Å². The minimum Gasteiger partial charge on any atom is -0.507 e. The first-order chi connectivity index (χ1) is 14.6. The zero-order chi connectivity index (χ0) is 22.8. The maximum atomic E-state index is 11.8. The van der Waals surface area contributed by atoms with Gasteiger partial charge in [0.05, 0.1) is 6.61 Å². The van der Waals surface area contributed by atoms with Crippen LogP contribution in [0, 0.1) is 0 Å². The van der Waals surface area contributed by atoms with E-state index in [1.54, 1.807) is 13.0 Å². The highest BCUT2D eigenvalue weighted by Crippen LogP contribution is 2.45. The van der Waals surface area contributed by atoms with Crippen molar-refractivity contribution in [3.8, 4) is 11.5 Å². The number of phenols is 1. The smallest absolute Gasteiger partial charge is 0.341 e. The first-order valence-corrected chi connectivity index (χ1v) is 10.6. The minimum absolute atomic E-state index is 0.0112. The minimum atomic E-state index is -0.594. The van der Waals surface area contributed by atoms with Crippen molar-refractivity contribution in [2.24, 2.45) is 5.16 Å². The third-order valence-corrected chi connectivity index (χ3v) is 6.15. The van der Waals surface area contributed by atoms with Crippen LogP contribution in [0.15, 0.2) is 41.6 Å². The van der Waals surface area contributed by atoms with Crippen molar-refractivity contribution < 1.29 is 24.6 Å². The molecule has 31 heavy (non-hydrogen) atoms. The number of fused-ring (bicyclic) bond motifs is 1. The quantitative estimate of drug-likeness (QED) is 0.288. The van der Waals surface area contributed by atoms with Crippen LogP contribution in [0.3, 0.4) is 0 Å². The number of benzene rings is 2. The maximum Gasteiger partial charge on any atom is 0.341 e. The molecule has 0 radical (unpaired) electrons. The van der Waals surface area contributed by atoms with Gasteiger partial charge in [0.1, 0.15) is 29.4 Å². The summed E-state index contributed by atoms with van der Waals surface area (Å²) in [5.74, 6) is -0.467. The van der Waals surface area contributed by atoms with Crippen molar-refractivity contribution in [1.82, 2.24) is 0 Å². The second-order valence-corrected chi connectivity index (χ2v) is 9.26. The Hall–Kier alpha value is -3.02. The third kappa shape index (κ3) is 4.68. The summed E-state index contributed by atoms with van der Waals surface area (Å²) in [5, 5.41) is 23.2. The molecule has 1 aliphatic rings. The predicted molar refractivity (Wildman–Crippen MR) is 120 cm³/mol. The molecule has 2 aromatic carbocycles. The number of phenolic OH excluding ortho intramolecular Hbond substituents is 1. The SMILES string of the molecule is CCOC(=O)c1ccc(OCC(=NO)c2ccc3c(c2)C(C)(C)CCC3(C)C)cc1O. The Kier molecular flexibility index (Phi) is 6.30. The Bertz CT molecular complexity index is 1010. The van der Waals surface area contributed by atoms with Crippen molar-refractivity contribution in [2.45, 2.75) is 58.3 Å². The van der Waals surface area contributed by atoms with E-state index >= 15 is 0 Å². The summed E-state index contributed by atoms with van der Waals surface area (Å²) < 4.78 is 10.6. The first kappa shape index (κ1) is 22.7. The van der Waals surface area contributed by atoms with Crippen molar-refractivity contribution in [3.63, 3.8) is 0 Å². The van der Waals surface area contributed by atoms with Crippen LogP contribution in [0.4, 0.5) is 0 Å². The van der Waals surface area contributed by atoms with E-state index < -0.39 is 5.97 Å². The van der Waals surface area contributed by atoms with Gasteiger partial charge in [0, 0.05) is 11.6 Å². The van der Waals surface area contributed by atoms with E-state index in [1.807, 2.05) is 6.07 Å². The molecule has 2 aromatic rings. The standard InChI is InChI=1S/C25H31NO5/c1-6-30-23(28)18-9-8-17(14-22(18)27)31-15-21(26-29)16-7-10-19-20(13-16)25(4,5)12-11-24(19,2)3/h7-10,13-14,27,29H,6,11-12,15H2,1-5H3. The molecule has 0 aromatic heterocycles.